The largest absolute Gasteiger partial charge is 0.461 e. The highest BCUT2D eigenvalue weighted by molar-refractivity contribution is 6.28. The van der Waals surface area contributed by atoms with Crippen LogP contribution in [0.25, 0.3) is 0 Å². The van der Waals surface area contributed by atoms with Crippen LogP contribution in [-0.4, -0.2) is 39.3 Å². The second-order valence-electron chi connectivity index (χ2n) is 5.37. The predicted octanol–water partition coefficient (Wildman–Crippen LogP) is 2.13. The van der Waals surface area contributed by atoms with Crippen molar-refractivity contribution >= 4 is 17.5 Å². The molecular weight excluding hydrogens is 268 g/mol. The maximum Gasteiger partial charge on any atom is 0.322 e. The molecule has 7 heteroatoms. The van der Waals surface area contributed by atoms with Gasteiger partial charge in [0.1, 0.15) is 0 Å². The van der Waals surface area contributed by atoms with Gasteiger partial charge in [0.25, 0.3) is 0 Å². The van der Waals surface area contributed by atoms with Gasteiger partial charge in [-0.05, 0) is 37.3 Å². The Labute approximate surface area is 118 Å². The van der Waals surface area contributed by atoms with Crippen molar-refractivity contribution in [1.29, 1.82) is 0 Å². The third-order valence-corrected chi connectivity index (χ3v) is 2.61. The van der Waals surface area contributed by atoms with Gasteiger partial charge in [-0.15, -0.1) is 0 Å². The average Bonchev–Trinajstić information content (AvgIpc) is 2.24. The van der Waals surface area contributed by atoms with Gasteiger partial charge >= 0.3 is 6.01 Å². The fourth-order valence-electron chi connectivity index (χ4n) is 1.38. The number of aliphatic hydroxyl groups is 1. The quantitative estimate of drug-likeness (QED) is 0.800. The fraction of sp³-hybridized carbons (Fsp3) is 0.750. The standard InChI is InChI=1S/C12H21ClN4O2/c1-8(2)19-11-16-9(13)15-10(17-11)14-7-12(3,4)5-6-18/h8,18H,5-7H2,1-4H3,(H,14,15,16,17). The van der Waals surface area contributed by atoms with E-state index >= 15 is 0 Å². The number of halogens is 1. The van der Waals surface area contributed by atoms with Crippen LogP contribution in [0.4, 0.5) is 5.95 Å². The molecule has 0 fully saturated rings. The molecule has 0 aromatic carbocycles. The smallest absolute Gasteiger partial charge is 0.322 e. The zero-order chi connectivity index (χ0) is 14.5. The molecule has 0 aliphatic rings. The highest BCUT2D eigenvalue weighted by Gasteiger charge is 2.18. The Morgan fingerprint density at radius 3 is 2.58 bits per heavy atom. The molecule has 2 N–H and O–H groups in total. The van der Waals surface area contributed by atoms with Crippen LogP contribution in [0.2, 0.25) is 5.28 Å². The summed E-state index contributed by atoms with van der Waals surface area (Å²) in [5, 5.41) is 12.2. The van der Waals surface area contributed by atoms with Crippen molar-refractivity contribution in [2.24, 2.45) is 5.41 Å². The van der Waals surface area contributed by atoms with Gasteiger partial charge < -0.3 is 15.2 Å². The molecule has 0 atom stereocenters. The van der Waals surface area contributed by atoms with Crippen molar-refractivity contribution in [2.45, 2.75) is 40.2 Å². The van der Waals surface area contributed by atoms with Gasteiger partial charge in [0, 0.05) is 13.2 Å². The number of nitrogens with zero attached hydrogens (tertiary/aromatic N) is 3. The predicted molar refractivity (Wildman–Crippen MR) is 74.6 cm³/mol. The lowest BCUT2D eigenvalue weighted by molar-refractivity contribution is 0.217. The summed E-state index contributed by atoms with van der Waals surface area (Å²) in [7, 11) is 0. The highest BCUT2D eigenvalue weighted by atomic mass is 35.5. The minimum atomic E-state index is -0.0626. The minimum Gasteiger partial charge on any atom is -0.461 e. The molecule has 19 heavy (non-hydrogen) atoms. The Morgan fingerprint density at radius 1 is 1.32 bits per heavy atom. The van der Waals surface area contributed by atoms with E-state index in [2.05, 4.69) is 20.3 Å². The van der Waals surface area contributed by atoms with E-state index in [0.717, 1.165) is 0 Å². The van der Waals surface area contributed by atoms with Gasteiger partial charge in [0.05, 0.1) is 6.10 Å². The van der Waals surface area contributed by atoms with Crippen molar-refractivity contribution in [3.63, 3.8) is 0 Å². The van der Waals surface area contributed by atoms with Crippen LogP contribution in [-0.2, 0) is 0 Å². The molecular formula is C12H21ClN4O2. The van der Waals surface area contributed by atoms with Gasteiger partial charge in [0.2, 0.25) is 11.2 Å². The van der Waals surface area contributed by atoms with Crippen LogP contribution in [0.1, 0.15) is 34.1 Å². The lowest BCUT2D eigenvalue weighted by Gasteiger charge is -2.23. The van der Waals surface area contributed by atoms with Crippen molar-refractivity contribution < 1.29 is 9.84 Å². The number of rotatable bonds is 7. The zero-order valence-corrected chi connectivity index (χ0v) is 12.5. The van der Waals surface area contributed by atoms with Gasteiger partial charge in [-0.1, -0.05) is 13.8 Å². The van der Waals surface area contributed by atoms with Crippen LogP contribution >= 0.6 is 11.6 Å². The molecule has 0 aliphatic heterocycles. The summed E-state index contributed by atoms with van der Waals surface area (Å²) in [5.41, 5.74) is -0.0626. The molecule has 0 bridgehead atoms. The van der Waals surface area contributed by atoms with E-state index in [9.17, 15) is 0 Å². The Morgan fingerprint density at radius 2 is 2.00 bits per heavy atom. The first-order valence-electron chi connectivity index (χ1n) is 6.25. The van der Waals surface area contributed by atoms with E-state index in [1.807, 2.05) is 27.7 Å². The van der Waals surface area contributed by atoms with E-state index < -0.39 is 0 Å². The van der Waals surface area contributed by atoms with Crippen LogP contribution in [0.5, 0.6) is 6.01 Å². The highest BCUT2D eigenvalue weighted by Crippen LogP contribution is 2.20. The molecule has 1 aromatic rings. The summed E-state index contributed by atoms with van der Waals surface area (Å²) in [4.78, 5) is 12.0. The van der Waals surface area contributed by atoms with Crippen molar-refractivity contribution in [3.8, 4) is 6.01 Å². The molecule has 108 valence electrons. The number of anilines is 1. The lowest BCUT2D eigenvalue weighted by atomic mass is 9.90. The number of aromatic nitrogens is 3. The Kier molecular flexibility index (Phi) is 5.75. The van der Waals surface area contributed by atoms with Gasteiger partial charge in [-0.2, -0.15) is 15.0 Å². The molecule has 0 radical (unpaired) electrons. The summed E-state index contributed by atoms with van der Waals surface area (Å²) in [6.45, 7) is 8.63. The summed E-state index contributed by atoms with van der Waals surface area (Å²) in [5.74, 6) is 0.377. The average molecular weight is 289 g/mol. The number of aliphatic hydroxyl groups excluding tert-OH is 1. The van der Waals surface area contributed by atoms with Crippen LogP contribution in [0, 0.1) is 5.41 Å². The second-order valence-corrected chi connectivity index (χ2v) is 5.71. The Hall–Kier alpha value is -1.14. The minimum absolute atomic E-state index is 0.0304. The third kappa shape index (κ3) is 6.02. The van der Waals surface area contributed by atoms with Crippen molar-refractivity contribution in [2.75, 3.05) is 18.5 Å². The molecule has 0 saturated heterocycles. The van der Waals surface area contributed by atoms with Crippen LogP contribution in [0.3, 0.4) is 0 Å². The molecule has 1 heterocycles. The molecule has 6 nitrogen and oxygen atoms in total. The SMILES string of the molecule is CC(C)Oc1nc(Cl)nc(NCC(C)(C)CCO)n1. The van der Waals surface area contributed by atoms with E-state index in [0.29, 0.717) is 18.9 Å². The molecule has 0 amide bonds. The lowest BCUT2D eigenvalue weighted by Crippen LogP contribution is -2.25. The number of hydrogen-bond acceptors (Lipinski definition) is 6. The van der Waals surface area contributed by atoms with Gasteiger partial charge in [0.15, 0.2) is 0 Å². The van der Waals surface area contributed by atoms with E-state index in [1.165, 1.54) is 0 Å². The number of nitrogens with one attached hydrogen (secondary N) is 1. The van der Waals surface area contributed by atoms with Crippen LogP contribution in [0.15, 0.2) is 0 Å². The number of hydrogen-bond donors (Lipinski definition) is 2. The molecule has 0 aliphatic carbocycles. The first-order chi connectivity index (χ1) is 8.82. The first-order valence-corrected chi connectivity index (χ1v) is 6.63. The third-order valence-electron chi connectivity index (χ3n) is 2.44. The van der Waals surface area contributed by atoms with Crippen molar-refractivity contribution in [3.05, 3.63) is 5.28 Å². The molecule has 0 unspecified atom stereocenters. The van der Waals surface area contributed by atoms with Gasteiger partial charge in [-0.3, -0.25) is 0 Å². The summed E-state index contributed by atoms with van der Waals surface area (Å²) < 4.78 is 5.39. The first kappa shape index (κ1) is 15.9. The summed E-state index contributed by atoms with van der Waals surface area (Å²) in [6, 6.07) is 0.206. The van der Waals surface area contributed by atoms with Gasteiger partial charge in [-0.25, -0.2) is 0 Å². The van der Waals surface area contributed by atoms with E-state index in [1.54, 1.807) is 0 Å². The normalized spacial score (nSPS) is 11.7. The molecule has 1 aromatic heterocycles. The summed E-state index contributed by atoms with van der Waals surface area (Å²) in [6.07, 6.45) is 0.658. The zero-order valence-electron chi connectivity index (χ0n) is 11.8. The van der Waals surface area contributed by atoms with E-state index in [4.69, 9.17) is 21.4 Å². The molecule has 1 rings (SSSR count). The molecule has 0 spiro atoms. The monoisotopic (exact) mass is 288 g/mol. The topological polar surface area (TPSA) is 80.2 Å². The van der Waals surface area contributed by atoms with E-state index in [-0.39, 0.29) is 29.4 Å². The fourth-order valence-corrected chi connectivity index (χ4v) is 1.54. The Bertz CT molecular complexity index is 413. The second kappa shape index (κ2) is 6.86. The Balaban J connectivity index is 2.70. The maximum atomic E-state index is 8.98. The summed E-state index contributed by atoms with van der Waals surface area (Å²) >= 11 is 5.82. The maximum absolute atomic E-state index is 8.98. The number of ether oxygens (including phenoxy) is 1. The van der Waals surface area contributed by atoms with Crippen molar-refractivity contribution in [1.82, 2.24) is 15.0 Å². The molecule has 0 saturated carbocycles. The van der Waals surface area contributed by atoms with Crippen LogP contribution < -0.4 is 10.1 Å².